The standard InChI is InChI=1S/C10H14O4/c11-7-5-8-1-2-10(6-7,14-8)9-12-3-4-13-9/h1-2,7-9,11H,3-6H2. The van der Waals surface area contributed by atoms with Gasteiger partial charge in [0.1, 0.15) is 5.60 Å². The Bertz CT molecular complexity index is 259. The van der Waals surface area contributed by atoms with Crippen LogP contribution in [0.25, 0.3) is 0 Å². The summed E-state index contributed by atoms with van der Waals surface area (Å²) in [5.74, 6) is 0. The highest BCUT2D eigenvalue weighted by atomic mass is 16.7. The van der Waals surface area contributed by atoms with Crippen molar-refractivity contribution in [3.63, 3.8) is 0 Å². The topological polar surface area (TPSA) is 47.9 Å². The molecule has 0 spiro atoms. The number of aliphatic hydroxyl groups excluding tert-OH is 1. The van der Waals surface area contributed by atoms with Crippen molar-refractivity contribution < 1.29 is 19.3 Å². The first-order valence-corrected chi connectivity index (χ1v) is 5.07. The van der Waals surface area contributed by atoms with Crippen molar-refractivity contribution in [3.05, 3.63) is 12.2 Å². The van der Waals surface area contributed by atoms with Gasteiger partial charge >= 0.3 is 0 Å². The lowest BCUT2D eigenvalue weighted by molar-refractivity contribution is -0.217. The van der Waals surface area contributed by atoms with E-state index in [1.807, 2.05) is 12.2 Å². The van der Waals surface area contributed by atoms with Gasteiger partial charge in [0.25, 0.3) is 0 Å². The lowest BCUT2D eigenvalue weighted by Crippen LogP contribution is -2.49. The van der Waals surface area contributed by atoms with Crippen molar-refractivity contribution in [1.82, 2.24) is 0 Å². The summed E-state index contributed by atoms with van der Waals surface area (Å²) in [5, 5.41) is 9.68. The molecule has 3 aliphatic heterocycles. The summed E-state index contributed by atoms with van der Waals surface area (Å²) < 4.78 is 16.7. The van der Waals surface area contributed by atoms with Crippen LogP contribution in [-0.4, -0.2) is 42.4 Å². The maximum atomic E-state index is 9.68. The van der Waals surface area contributed by atoms with Crippen molar-refractivity contribution in [1.29, 1.82) is 0 Å². The molecule has 4 nitrogen and oxygen atoms in total. The molecule has 0 saturated carbocycles. The number of hydrogen-bond donors (Lipinski definition) is 1. The van der Waals surface area contributed by atoms with Gasteiger partial charge in [0.2, 0.25) is 0 Å². The maximum Gasteiger partial charge on any atom is 0.190 e. The van der Waals surface area contributed by atoms with Gasteiger partial charge in [-0.2, -0.15) is 0 Å². The second-order valence-corrected chi connectivity index (χ2v) is 4.14. The summed E-state index contributed by atoms with van der Waals surface area (Å²) in [7, 11) is 0. The first-order valence-electron chi connectivity index (χ1n) is 5.07. The van der Waals surface area contributed by atoms with Crippen LogP contribution in [0, 0.1) is 0 Å². The Hall–Kier alpha value is -0.420. The Labute approximate surface area is 82.5 Å². The normalized spacial score (nSPS) is 47.5. The van der Waals surface area contributed by atoms with E-state index in [1.54, 1.807) is 0 Å². The van der Waals surface area contributed by atoms with Crippen molar-refractivity contribution in [2.24, 2.45) is 0 Å². The first kappa shape index (κ1) is 8.85. The molecule has 0 aromatic rings. The molecule has 3 heterocycles. The van der Waals surface area contributed by atoms with Crippen LogP contribution in [0.2, 0.25) is 0 Å². The smallest absolute Gasteiger partial charge is 0.190 e. The minimum atomic E-state index is -0.529. The van der Waals surface area contributed by atoms with Crippen LogP contribution in [0.3, 0.4) is 0 Å². The van der Waals surface area contributed by atoms with Crippen LogP contribution >= 0.6 is 0 Å². The van der Waals surface area contributed by atoms with Crippen molar-refractivity contribution in [2.45, 2.75) is 36.9 Å². The van der Waals surface area contributed by atoms with Crippen LogP contribution in [-0.2, 0) is 14.2 Å². The second-order valence-electron chi connectivity index (χ2n) is 4.14. The van der Waals surface area contributed by atoms with Gasteiger partial charge in [-0.1, -0.05) is 6.08 Å². The third-order valence-corrected chi connectivity index (χ3v) is 3.04. The minimum Gasteiger partial charge on any atom is -0.393 e. The zero-order chi connectivity index (χ0) is 9.60. The van der Waals surface area contributed by atoms with Crippen molar-refractivity contribution in [2.75, 3.05) is 13.2 Å². The van der Waals surface area contributed by atoms with Gasteiger partial charge < -0.3 is 19.3 Å². The van der Waals surface area contributed by atoms with Crippen LogP contribution in [0.15, 0.2) is 12.2 Å². The molecule has 3 atom stereocenters. The van der Waals surface area contributed by atoms with Crippen LogP contribution in [0.4, 0.5) is 0 Å². The molecule has 2 bridgehead atoms. The van der Waals surface area contributed by atoms with E-state index in [4.69, 9.17) is 14.2 Å². The van der Waals surface area contributed by atoms with E-state index in [9.17, 15) is 5.11 Å². The van der Waals surface area contributed by atoms with E-state index in [0.717, 1.165) is 0 Å². The van der Waals surface area contributed by atoms with Crippen molar-refractivity contribution in [3.8, 4) is 0 Å². The fourth-order valence-electron chi connectivity index (χ4n) is 2.46. The molecular weight excluding hydrogens is 184 g/mol. The molecule has 2 saturated heterocycles. The molecule has 1 N–H and O–H groups in total. The van der Waals surface area contributed by atoms with E-state index in [-0.39, 0.29) is 18.5 Å². The van der Waals surface area contributed by atoms with Gasteiger partial charge in [0, 0.05) is 12.8 Å². The summed E-state index contributed by atoms with van der Waals surface area (Å²) in [5.41, 5.74) is -0.529. The molecular formula is C10H14O4. The Morgan fingerprint density at radius 3 is 2.86 bits per heavy atom. The Morgan fingerprint density at radius 1 is 1.29 bits per heavy atom. The number of fused-ring (bicyclic) bond motifs is 2. The fraction of sp³-hybridized carbons (Fsp3) is 0.800. The first-order chi connectivity index (χ1) is 6.78. The third-order valence-electron chi connectivity index (χ3n) is 3.04. The van der Waals surface area contributed by atoms with Crippen LogP contribution < -0.4 is 0 Å². The van der Waals surface area contributed by atoms with Gasteiger partial charge in [-0.05, 0) is 6.08 Å². The molecule has 0 aromatic carbocycles. The average Bonchev–Trinajstić information content (AvgIpc) is 2.74. The largest absolute Gasteiger partial charge is 0.393 e. The predicted octanol–water partition coefficient (Wildman–Crippen LogP) is 0.208. The maximum absolute atomic E-state index is 9.68. The summed E-state index contributed by atoms with van der Waals surface area (Å²) in [6.45, 7) is 1.23. The molecule has 2 fully saturated rings. The quantitative estimate of drug-likeness (QED) is 0.612. The highest BCUT2D eigenvalue weighted by molar-refractivity contribution is 5.17. The SMILES string of the molecule is OC1CC2C=CC(C3OCCO3)(C1)O2. The second kappa shape index (κ2) is 3.03. The number of rotatable bonds is 1. The average molecular weight is 198 g/mol. The Morgan fingerprint density at radius 2 is 2.07 bits per heavy atom. The summed E-state index contributed by atoms with van der Waals surface area (Å²) in [4.78, 5) is 0. The minimum absolute atomic E-state index is 0.0338. The lowest BCUT2D eigenvalue weighted by Gasteiger charge is -2.38. The molecule has 3 aliphatic rings. The molecule has 0 amide bonds. The van der Waals surface area contributed by atoms with Gasteiger partial charge in [0.05, 0.1) is 25.4 Å². The lowest BCUT2D eigenvalue weighted by atomic mass is 9.93. The predicted molar refractivity (Wildman–Crippen MR) is 47.7 cm³/mol. The van der Waals surface area contributed by atoms with Gasteiger partial charge in [0.15, 0.2) is 6.29 Å². The van der Waals surface area contributed by atoms with Gasteiger partial charge in [-0.25, -0.2) is 0 Å². The van der Waals surface area contributed by atoms with E-state index in [0.29, 0.717) is 26.1 Å². The zero-order valence-corrected chi connectivity index (χ0v) is 7.89. The highest BCUT2D eigenvalue weighted by Crippen LogP contribution is 2.41. The van der Waals surface area contributed by atoms with Crippen LogP contribution in [0.1, 0.15) is 12.8 Å². The molecule has 14 heavy (non-hydrogen) atoms. The summed E-state index contributed by atoms with van der Waals surface area (Å²) >= 11 is 0. The zero-order valence-electron chi connectivity index (χ0n) is 7.89. The molecule has 0 aromatic heterocycles. The third kappa shape index (κ3) is 1.22. The van der Waals surface area contributed by atoms with E-state index >= 15 is 0 Å². The van der Waals surface area contributed by atoms with Crippen LogP contribution in [0.5, 0.6) is 0 Å². The monoisotopic (exact) mass is 198 g/mol. The van der Waals surface area contributed by atoms with E-state index in [2.05, 4.69) is 0 Å². The van der Waals surface area contributed by atoms with Gasteiger partial charge in [-0.15, -0.1) is 0 Å². The summed E-state index contributed by atoms with van der Waals surface area (Å²) in [6.07, 6.45) is 4.64. The molecule has 0 radical (unpaired) electrons. The fourth-order valence-corrected chi connectivity index (χ4v) is 2.46. The highest BCUT2D eigenvalue weighted by Gasteiger charge is 2.50. The van der Waals surface area contributed by atoms with Gasteiger partial charge in [-0.3, -0.25) is 0 Å². The number of aliphatic hydroxyl groups is 1. The molecule has 3 rings (SSSR count). The Balaban J connectivity index is 1.84. The summed E-state index contributed by atoms with van der Waals surface area (Å²) in [6, 6.07) is 0. The van der Waals surface area contributed by atoms with Crippen molar-refractivity contribution >= 4 is 0 Å². The molecule has 0 aliphatic carbocycles. The molecule has 78 valence electrons. The van der Waals surface area contributed by atoms with E-state index < -0.39 is 5.60 Å². The van der Waals surface area contributed by atoms with E-state index in [1.165, 1.54) is 0 Å². The number of ether oxygens (including phenoxy) is 3. The Kier molecular flexibility index (Phi) is 1.92. The number of hydrogen-bond acceptors (Lipinski definition) is 4. The molecule has 3 unspecified atom stereocenters. The molecule has 4 heteroatoms.